The molecule has 4 N–H and O–H groups in total. The highest BCUT2D eigenvalue weighted by molar-refractivity contribution is 7.09. The van der Waals surface area contributed by atoms with Crippen molar-refractivity contribution in [3.8, 4) is 16.3 Å². The van der Waals surface area contributed by atoms with Gasteiger partial charge in [-0.15, -0.1) is 0 Å². The van der Waals surface area contributed by atoms with Crippen LogP contribution in [0.2, 0.25) is 0 Å². The summed E-state index contributed by atoms with van der Waals surface area (Å²) in [5.74, 6) is 0.500. The van der Waals surface area contributed by atoms with Crippen LogP contribution >= 0.6 is 11.5 Å². The molecule has 0 aliphatic carbocycles. The van der Waals surface area contributed by atoms with Crippen molar-refractivity contribution in [2.45, 2.75) is 0 Å². The van der Waals surface area contributed by atoms with Crippen molar-refractivity contribution in [3.63, 3.8) is 0 Å². The summed E-state index contributed by atoms with van der Waals surface area (Å²) < 4.78 is 3.93. The maximum atomic E-state index is 9.45. The van der Waals surface area contributed by atoms with Crippen LogP contribution in [0.4, 0.5) is 5.95 Å². The molecule has 0 fully saturated rings. The van der Waals surface area contributed by atoms with Gasteiger partial charge in [0.25, 0.3) is 0 Å². The largest absolute Gasteiger partial charge is 0.508 e. The van der Waals surface area contributed by atoms with Gasteiger partial charge >= 0.3 is 0 Å². The molecule has 0 atom stereocenters. The fourth-order valence-electron chi connectivity index (χ4n) is 1.63. The van der Waals surface area contributed by atoms with Gasteiger partial charge in [0.05, 0.1) is 0 Å². The number of aromatic hydroxyl groups is 1. The molecule has 6 heteroatoms. The molecule has 2 aromatic heterocycles. The maximum absolute atomic E-state index is 9.45. The zero-order valence-electron chi connectivity index (χ0n) is 8.14. The number of H-pyrrole nitrogens is 1. The molecule has 3 rings (SSSR count). The van der Waals surface area contributed by atoms with Crippen LogP contribution in [0.15, 0.2) is 24.4 Å². The monoisotopic (exact) mass is 232 g/mol. The fraction of sp³-hybridized carbons (Fsp3) is 0. The minimum atomic E-state index is 0.228. The van der Waals surface area contributed by atoms with E-state index in [1.165, 1.54) is 11.5 Å². The minimum Gasteiger partial charge on any atom is -0.508 e. The van der Waals surface area contributed by atoms with Gasteiger partial charge in [-0.2, -0.15) is 9.36 Å². The number of benzene rings is 1. The Morgan fingerprint density at radius 1 is 1.38 bits per heavy atom. The van der Waals surface area contributed by atoms with Crippen LogP contribution in [0, 0.1) is 0 Å². The predicted molar refractivity (Wildman–Crippen MR) is 63.3 cm³/mol. The van der Waals surface area contributed by atoms with Gasteiger partial charge < -0.3 is 15.8 Å². The van der Waals surface area contributed by atoms with Crippen LogP contribution in [0.25, 0.3) is 21.5 Å². The normalized spacial score (nSPS) is 11.0. The summed E-state index contributed by atoms with van der Waals surface area (Å²) in [5.41, 5.74) is 7.34. The van der Waals surface area contributed by atoms with Gasteiger partial charge in [0.1, 0.15) is 10.8 Å². The Kier molecular flexibility index (Phi) is 1.84. The van der Waals surface area contributed by atoms with E-state index in [4.69, 9.17) is 5.73 Å². The third-order valence-electron chi connectivity index (χ3n) is 2.34. The van der Waals surface area contributed by atoms with Crippen LogP contribution in [0.3, 0.4) is 0 Å². The second-order valence-electron chi connectivity index (χ2n) is 3.39. The highest BCUT2D eigenvalue weighted by Crippen LogP contribution is 2.31. The molecule has 0 amide bonds. The molecule has 0 saturated carbocycles. The van der Waals surface area contributed by atoms with E-state index in [0.29, 0.717) is 0 Å². The molecule has 5 nitrogen and oxygen atoms in total. The molecule has 3 aromatic rings. The lowest BCUT2D eigenvalue weighted by molar-refractivity contribution is 0.476. The van der Waals surface area contributed by atoms with Crippen LogP contribution in [0.5, 0.6) is 5.75 Å². The fourth-order valence-corrected chi connectivity index (χ4v) is 2.25. The number of nitrogens with two attached hydrogens (primary N) is 1. The average Bonchev–Trinajstić information content (AvgIpc) is 2.83. The van der Waals surface area contributed by atoms with Gasteiger partial charge in [0, 0.05) is 22.7 Å². The Morgan fingerprint density at radius 2 is 2.25 bits per heavy atom. The van der Waals surface area contributed by atoms with Crippen molar-refractivity contribution in [1.29, 1.82) is 0 Å². The summed E-state index contributed by atoms with van der Waals surface area (Å²) in [6.45, 7) is 0. The third kappa shape index (κ3) is 1.31. The van der Waals surface area contributed by atoms with Gasteiger partial charge in [0.2, 0.25) is 5.95 Å². The van der Waals surface area contributed by atoms with E-state index in [-0.39, 0.29) is 11.7 Å². The number of nitrogen functional groups attached to an aromatic ring is 1. The van der Waals surface area contributed by atoms with Crippen LogP contribution in [-0.2, 0) is 0 Å². The summed E-state index contributed by atoms with van der Waals surface area (Å²) in [4.78, 5) is 7.23. The first-order valence-electron chi connectivity index (χ1n) is 4.64. The molecular weight excluding hydrogens is 224 g/mol. The molecule has 2 heterocycles. The first-order chi connectivity index (χ1) is 7.74. The van der Waals surface area contributed by atoms with E-state index in [1.807, 2.05) is 12.3 Å². The zero-order chi connectivity index (χ0) is 11.1. The Balaban J connectivity index is 2.27. The Bertz CT molecular complexity index is 658. The maximum Gasteiger partial charge on any atom is 0.232 e. The SMILES string of the molecule is Nc1nsc(-c2c[nH]c3ccc(O)cc23)n1. The van der Waals surface area contributed by atoms with E-state index in [9.17, 15) is 5.11 Å². The van der Waals surface area contributed by atoms with E-state index < -0.39 is 0 Å². The number of nitrogens with zero attached hydrogens (tertiary/aromatic N) is 2. The number of hydrogen-bond donors (Lipinski definition) is 3. The number of aromatic amines is 1. The molecule has 0 aliphatic heterocycles. The van der Waals surface area contributed by atoms with Crippen LogP contribution in [-0.4, -0.2) is 19.4 Å². The highest BCUT2D eigenvalue weighted by atomic mass is 32.1. The smallest absolute Gasteiger partial charge is 0.232 e. The van der Waals surface area contributed by atoms with E-state index in [1.54, 1.807) is 12.1 Å². The molecule has 16 heavy (non-hydrogen) atoms. The lowest BCUT2D eigenvalue weighted by Gasteiger charge is -1.94. The Labute approximate surface area is 94.7 Å². The number of anilines is 1. The molecule has 80 valence electrons. The molecule has 0 aliphatic rings. The van der Waals surface area contributed by atoms with Crippen molar-refractivity contribution in [2.75, 3.05) is 5.73 Å². The molecule has 0 saturated heterocycles. The quantitative estimate of drug-likeness (QED) is 0.598. The van der Waals surface area contributed by atoms with Crippen LogP contribution < -0.4 is 5.73 Å². The standard InChI is InChI=1S/C10H8N4OS/c11-10-13-9(16-14-10)7-4-12-8-2-1-5(15)3-6(7)8/h1-4,12,15H,(H2,11,14). The number of phenols is 1. The van der Waals surface area contributed by atoms with Crippen molar-refractivity contribution >= 4 is 28.4 Å². The lowest BCUT2D eigenvalue weighted by Crippen LogP contribution is -1.85. The third-order valence-corrected chi connectivity index (χ3v) is 3.10. The van der Waals surface area contributed by atoms with Gasteiger partial charge in [-0.3, -0.25) is 0 Å². The van der Waals surface area contributed by atoms with Gasteiger partial charge in [-0.1, -0.05) is 0 Å². The summed E-state index contributed by atoms with van der Waals surface area (Å²) in [6, 6.07) is 5.15. The van der Waals surface area contributed by atoms with E-state index in [2.05, 4.69) is 14.3 Å². The number of fused-ring (bicyclic) bond motifs is 1. The summed E-state index contributed by atoms with van der Waals surface area (Å²) in [6.07, 6.45) is 1.84. The van der Waals surface area contributed by atoms with Gasteiger partial charge in [-0.25, -0.2) is 0 Å². The molecular formula is C10H8N4OS. The number of phenolic OH excluding ortho intramolecular Hbond substituents is 1. The lowest BCUT2D eigenvalue weighted by atomic mass is 10.2. The van der Waals surface area contributed by atoms with Gasteiger partial charge in [-0.05, 0) is 29.7 Å². The summed E-state index contributed by atoms with van der Waals surface area (Å²) >= 11 is 1.24. The predicted octanol–water partition coefficient (Wildman–Crippen LogP) is 1.97. The Morgan fingerprint density at radius 3 is 3.00 bits per heavy atom. The zero-order valence-corrected chi connectivity index (χ0v) is 8.95. The van der Waals surface area contributed by atoms with E-state index in [0.717, 1.165) is 21.5 Å². The topological polar surface area (TPSA) is 87.8 Å². The molecule has 0 unspecified atom stereocenters. The number of aromatic nitrogens is 3. The van der Waals surface area contributed by atoms with Gasteiger partial charge in [0.15, 0.2) is 0 Å². The molecule has 0 spiro atoms. The number of nitrogens with one attached hydrogen (secondary N) is 1. The van der Waals surface area contributed by atoms with Crippen molar-refractivity contribution in [2.24, 2.45) is 0 Å². The number of rotatable bonds is 1. The molecule has 1 aromatic carbocycles. The Hall–Kier alpha value is -2.08. The highest BCUT2D eigenvalue weighted by Gasteiger charge is 2.10. The van der Waals surface area contributed by atoms with Crippen molar-refractivity contribution < 1.29 is 5.11 Å². The van der Waals surface area contributed by atoms with Crippen molar-refractivity contribution in [3.05, 3.63) is 24.4 Å². The second-order valence-corrected chi connectivity index (χ2v) is 4.14. The van der Waals surface area contributed by atoms with Crippen LogP contribution in [0.1, 0.15) is 0 Å². The minimum absolute atomic E-state index is 0.228. The average molecular weight is 232 g/mol. The number of hydrogen-bond acceptors (Lipinski definition) is 5. The summed E-state index contributed by atoms with van der Waals surface area (Å²) in [7, 11) is 0. The van der Waals surface area contributed by atoms with E-state index >= 15 is 0 Å². The molecule has 0 radical (unpaired) electrons. The summed E-state index contributed by atoms with van der Waals surface area (Å²) in [5, 5.41) is 11.1. The van der Waals surface area contributed by atoms with Crippen molar-refractivity contribution in [1.82, 2.24) is 14.3 Å². The second kappa shape index (κ2) is 3.21. The molecule has 0 bridgehead atoms. The first kappa shape index (κ1) is 9.17. The first-order valence-corrected chi connectivity index (χ1v) is 5.41.